The van der Waals surface area contributed by atoms with E-state index in [0.717, 1.165) is 25.8 Å². The first-order valence-corrected chi connectivity index (χ1v) is 28.8. The van der Waals surface area contributed by atoms with Crippen molar-refractivity contribution in [1.82, 2.24) is 25.2 Å². The standard InChI is InChI=1S/C52H75F3N6O2Si2/c1-31(2)64(32(3)4,33(5)6)22-20-42-45(54)18-15-37-23-41(63-65(34(7)8,35(9)10)36(11)12)24-43(46(37)42)48-47(55)49-44(26-56-48)50(61-27-39-16-17-40(28-61)57-39)59-51(58-49)62-30-52(13)29-60(14)21-19-38(52)25-53/h15,18,23-24,26,31-36,38-40,57H,16-17,19,21,25,27-30H2,1-14H3/t38-,39-,40+,52+/m1/s1. The van der Waals surface area contributed by atoms with Crippen molar-refractivity contribution >= 4 is 43.9 Å². The number of likely N-dealkylation sites (tertiary alicyclic amines) is 1. The number of fused-ring (bicyclic) bond motifs is 4. The monoisotopic (exact) mass is 929 g/mol. The van der Waals surface area contributed by atoms with Crippen molar-refractivity contribution in [3.63, 3.8) is 0 Å². The minimum absolute atomic E-state index is 0.0296. The molecular weight excluding hydrogens is 854 g/mol. The smallest absolute Gasteiger partial charge is 0.319 e. The van der Waals surface area contributed by atoms with Gasteiger partial charge in [0.1, 0.15) is 36.7 Å². The number of pyridine rings is 1. The second-order valence-corrected chi connectivity index (χ2v) is 32.9. The van der Waals surface area contributed by atoms with E-state index in [4.69, 9.17) is 24.1 Å². The Kier molecular flexibility index (Phi) is 14.5. The lowest BCUT2D eigenvalue weighted by Gasteiger charge is -2.43. The highest BCUT2D eigenvalue weighted by molar-refractivity contribution is 6.90. The number of benzene rings is 2. The SMILES string of the molecule is CC(C)[Si](C#Cc1c(F)ccc2cc(O[Si](C(C)C)(C(C)C)C(C)C)cc(-c3ncc4c(N5C[C@H]6CC[C@@H](C5)N6)nc(OC[C@]5(C)CN(C)CC[C@@H]5CF)nc4c3F)c12)(C(C)C)C(C)C. The van der Waals surface area contributed by atoms with Crippen LogP contribution in [0.3, 0.4) is 0 Å². The van der Waals surface area contributed by atoms with Crippen molar-refractivity contribution < 1.29 is 22.3 Å². The molecule has 0 saturated carbocycles. The van der Waals surface area contributed by atoms with Crippen molar-refractivity contribution in [1.29, 1.82) is 0 Å². The molecule has 2 aromatic carbocycles. The Morgan fingerprint density at radius 1 is 0.862 bits per heavy atom. The van der Waals surface area contributed by atoms with E-state index in [2.05, 4.69) is 117 Å². The van der Waals surface area contributed by atoms with Crippen molar-refractivity contribution in [2.45, 2.75) is 155 Å². The van der Waals surface area contributed by atoms with Gasteiger partial charge in [-0.3, -0.25) is 9.37 Å². The van der Waals surface area contributed by atoms with Crippen LogP contribution in [0, 0.1) is 34.4 Å². The quantitative estimate of drug-likeness (QED) is 0.0990. The number of ether oxygens (including phenoxy) is 1. The highest BCUT2D eigenvalue weighted by atomic mass is 28.4. The Hall–Kier alpha value is -3.71. The van der Waals surface area contributed by atoms with Gasteiger partial charge in [0.05, 0.1) is 24.2 Å². The lowest BCUT2D eigenvalue weighted by molar-refractivity contribution is 0.000322. The Morgan fingerprint density at radius 3 is 2.08 bits per heavy atom. The van der Waals surface area contributed by atoms with Gasteiger partial charge in [0.15, 0.2) is 5.82 Å². The molecular formula is C52H75F3N6O2Si2. The zero-order valence-corrected chi connectivity index (χ0v) is 43.6. The van der Waals surface area contributed by atoms with Crippen LogP contribution in [-0.4, -0.2) is 94.8 Å². The predicted octanol–water partition coefficient (Wildman–Crippen LogP) is 12.5. The molecule has 3 saturated heterocycles. The van der Waals surface area contributed by atoms with Gasteiger partial charge in [-0.2, -0.15) is 9.97 Å². The Bertz CT molecular complexity index is 2380. The molecule has 354 valence electrons. The molecule has 0 spiro atoms. The van der Waals surface area contributed by atoms with E-state index in [-0.39, 0.29) is 64.0 Å². The second-order valence-electron chi connectivity index (χ2n) is 21.9. The van der Waals surface area contributed by atoms with E-state index in [0.29, 0.717) is 69.5 Å². The molecule has 65 heavy (non-hydrogen) atoms. The minimum atomic E-state index is -2.51. The van der Waals surface area contributed by atoms with Crippen LogP contribution in [0.15, 0.2) is 30.5 Å². The Morgan fingerprint density at radius 2 is 1.49 bits per heavy atom. The molecule has 1 N–H and O–H groups in total. The van der Waals surface area contributed by atoms with Gasteiger partial charge in [-0.25, -0.2) is 8.78 Å². The molecule has 5 heterocycles. The number of aromatic nitrogens is 3. The van der Waals surface area contributed by atoms with Gasteiger partial charge in [-0.15, -0.1) is 5.54 Å². The summed E-state index contributed by atoms with van der Waals surface area (Å²) in [6.07, 6.45) is 4.49. The molecule has 0 radical (unpaired) electrons. The van der Waals surface area contributed by atoms with Gasteiger partial charge in [-0.05, 0) is 95.6 Å². The van der Waals surface area contributed by atoms with Crippen LogP contribution in [0.2, 0.25) is 33.2 Å². The first-order chi connectivity index (χ1) is 30.7. The van der Waals surface area contributed by atoms with Crippen molar-refractivity contribution in [3.8, 4) is 34.5 Å². The predicted molar refractivity (Wildman–Crippen MR) is 267 cm³/mol. The fourth-order valence-corrected chi connectivity index (χ4v) is 23.1. The third-order valence-corrected chi connectivity index (χ3v) is 28.2. The molecule has 4 aromatic rings. The molecule has 0 aliphatic carbocycles. The van der Waals surface area contributed by atoms with E-state index in [9.17, 15) is 4.39 Å². The highest BCUT2D eigenvalue weighted by Gasteiger charge is 2.47. The fraction of sp³-hybridized carbons (Fsp3) is 0.635. The highest BCUT2D eigenvalue weighted by Crippen LogP contribution is 2.47. The van der Waals surface area contributed by atoms with E-state index >= 15 is 8.78 Å². The topological polar surface area (TPSA) is 75.6 Å². The van der Waals surface area contributed by atoms with Crippen LogP contribution in [0.1, 0.15) is 115 Å². The number of nitrogens with zero attached hydrogens (tertiary/aromatic N) is 5. The molecule has 13 heteroatoms. The van der Waals surface area contributed by atoms with E-state index in [1.54, 1.807) is 12.3 Å². The number of nitrogens with one attached hydrogen (secondary N) is 1. The molecule has 0 amide bonds. The number of anilines is 1. The van der Waals surface area contributed by atoms with Gasteiger partial charge < -0.3 is 24.3 Å². The zero-order valence-electron chi connectivity index (χ0n) is 41.6. The number of halogens is 3. The van der Waals surface area contributed by atoms with E-state index in [1.165, 1.54) is 6.07 Å². The summed E-state index contributed by atoms with van der Waals surface area (Å²) in [5.41, 5.74) is 5.80. The first kappa shape index (κ1) is 49.2. The van der Waals surface area contributed by atoms with Crippen LogP contribution in [0.4, 0.5) is 19.0 Å². The van der Waals surface area contributed by atoms with E-state index in [1.807, 2.05) is 19.2 Å². The van der Waals surface area contributed by atoms with Crippen LogP contribution in [0.25, 0.3) is 32.9 Å². The maximum Gasteiger partial charge on any atom is 0.319 e. The first-order valence-electron chi connectivity index (χ1n) is 24.4. The summed E-state index contributed by atoms with van der Waals surface area (Å²) in [5, 5.41) is 5.37. The van der Waals surface area contributed by atoms with E-state index < -0.39 is 40.1 Å². The summed E-state index contributed by atoms with van der Waals surface area (Å²) in [6.45, 7) is 31.5. The van der Waals surface area contributed by atoms with Gasteiger partial charge in [0.25, 0.3) is 8.32 Å². The summed E-state index contributed by atoms with van der Waals surface area (Å²) < 4.78 is 63.1. The zero-order chi connectivity index (χ0) is 47.3. The Labute approximate surface area is 389 Å². The summed E-state index contributed by atoms with van der Waals surface area (Å²) in [6, 6.07) is 7.69. The van der Waals surface area contributed by atoms with Crippen LogP contribution in [0.5, 0.6) is 11.8 Å². The fourth-order valence-electron chi connectivity index (χ4n) is 12.6. The van der Waals surface area contributed by atoms with Crippen molar-refractivity contribution in [2.75, 3.05) is 51.4 Å². The number of rotatable bonds is 14. The minimum Gasteiger partial charge on any atom is -0.543 e. The lowest BCUT2D eigenvalue weighted by Crippen LogP contribution is -2.51. The third-order valence-electron chi connectivity index (χ3n) is 15.9. The van der Waals surface area contributed by atoms with Gasteiger partial charge in [0.2, 0.25) is 0 Å². The number of piperidine rings is 1. The summed E-state index contributed by atoms with van der Waals surface area (Å²) in [7, 11) is -2.78. The summed E-state index contributed by atoms with van der Waals surface area (Å²) in [5.74, 6) is 3.30. The third kappa shape index (κ3) is 9.07. The molecule has 0 unspecified atom stereocenters. The average molecular weight is 929 g/mol. The van der Waals surface area contributed by atoms with Gasteiger partial charge >= 0.3 is 6.01 Å². The molecule has 3 fully saturated rings. The van der Waals surface area contributed by atoms with Gasteiger partial charge in [0, 0.05) is 54.3 Å². The number of alkyl halides is 1. The maximum atomic E-state index is 18.1. The second kappa shape index (κ2) is 19.1. The average Bonchev–Trinajstić information content (AvgIpc) is 3.58. The molecule has 8 nitrogen and oxygen atoms in total. The number of hydrogen-bond acceptors (Lipinski definition) is 8. The van der Waals surface area contributed by atoms with Crippen LogP contribution in [-0.2, 0) is 0 Å². The summed E-state index contributed by atoms with van der Waals surface area (Å²) in [4.78, 5) is 19.2. The molecule has 4 atom stereocenters. The van der Waals surface area contributed by atoms with Gasteiger partial charge in [-0.1, -0.05) is 102 Å². The van der Waals surface area contributed by atoms with Crippen LogP contribution >= 0.6 is 0 Å². The van der Waals surface area contributed by atoms with Crippen molar-refractivity contribution in [2.24, 2.45) is 11.3 Å². The molecule has 3 aliphatic rings. The normalized spacial score (nSPS) is 22.1. The maximum absolute atomic E-state index is 18.1. The lowest BCUT2D eigenvalue weighted by atomic mass is 9.73. The molecule has 2 aromatic heterocycles. The number of piperazine rings is 1. The Balaban J connectivity index is 1.48. The summed E-state index contributed by atoms with van der Waals surface area (Å²) >= 11 is 0. The molecule has 3 aliphatic heterocycles. The largest absolute Gasteiger partial charge is 0.543 e. The molecule has 7 rings (SSSR count). The molecule has 2 bridgehead atoms. The van der Waals surface area contributed by atoms with Crippen LogP contribution < -0.4 is 19.4 Å². The van der Waals surface area contributed by atoms with Crippen molar-refractivity contribution in [3.05, 3.63) is 47.7 Å². The number of hydrogen-bond donors (Lipinski definition) is 1.